The minimum Gasteiger partial charge on any atom is -0.489 e. The van der Waals surface area contributed by atoms with Crippen LogP contribution in [-0.4, -0.2) is 4.98 Å². The highest BCUT2D eigenvalue weighted by Crippen LogP contribution is 2.22. The summed E-state index contributed by atoms with van der Waals surface area (Å²) in [5, 5.41) is 0. The molecule has 0 aliphatic rings. The molecule has 0 unspecified atom stereocenters. The van der Waals surface area contributed by atoms with Crippen LogP contribution < -0.4 is 10.5 Å². The number of hydrogen-bond acceptors (Lipinski definition) is 4. The number of rotatable bonds is 4. The molecule has 0 spiro atoms. The van der Waals surface area contributed by atoms with Crippen molar-refractivity contribution in [3.63, 3.8) is 0 Å². The molecule has 20 heavy (non-hydrogen) atoms. The van der Waals surface area contributed by atoms with Gasteiger partial charge in [0.15, 0.2) is 11.5 Å². The molecule has 1 heterocycles. The zero-order valence-corrected chi connectivity index (χ0v) is 11.3. The Morgan fingerprint density at radius 2 is 1.95 bits per heavy atom. The topological polar surface area (TPSA) is 61.3 Å². The summed E-state index contributed by atoms with van der Waals surface area (Å²) in [5.74, 6) is 1.52. The van der Waals surface area contributed by atoms with Crippen molar-refractivity contribution in [3.8, 4) is 5.75 Å². The van der Waals surface area contributed by atoms with Crippen molar-refractivity contribution in [1.82, 2.24) is 4.98 Å². The summed E-state index contributed by atoms with van der Waals surface area (Å²) < 4.78 is 11.4. The lowest BCUT2D eigenvalue weighted by Crippen LogP contribution is -1.95. The largest absolute Gasteiger partial charge is 0.489 e. The number of hydrogen-bond donors (Lipinski definition) is 1. The van der Waals surface area contributed by atoms with Crippen LogP contribution in [-0.2, 0) is 13.0 Å². The van der Waals surface area contributed by atoms with Crippen LogP contribution in [0.2, 0.25) is 0 Å². The van der Waals surface area contributed by atoms with Crippen molar-refractivity contribution >= 4 is 16.8 Å². The lowest BCUT2D eigenvalue weighted by molar-refractivity contribution is 0.306. The second-order valence-corrected chi connectivity index (χ2v) is 4.62. The number of nitrogen functional groups attached to an aromatic ring is 1. The molecule has 2 aromatic carbocycles. The molecule has 2 N–H and O–H groups in total. The highest BCUT2D eigenvalue weighted by molar-refractivity contribution is 5.74. The van der Waals surface area contributed by atoms with Gasteiger partial charge in [-0.2, -0.15) is 0 Å². The summed E-state index contributed by atoms with van der Waals surface area (Å²) >= 11 is 0. The first kappa shape index (κ1) is 12.5. The number of benzene rings is 2. The minimum atomic E-state index is 0.501. The molecule has 102 valence electrons. The molecule has 0 saturated heterocycles. The number of fused-ring (bicyclic) bond motifs is 1. The summed E-state index contributed by atoms with van der Waals surface area (Å²) in [5.41, 5.74) is 9.10. The molecule has 0 bridgehead atoms. The van der Waals surface area contributed by atoms with E-state index in [1.807, 2.05) is 49.4 Å². The molecular formula is C16H16N2O2. The normalized spacial score (nSPS) is 10.8. The van der Waals surface area contributed by atoms with Gasteiger partial charge < -0.3 is 14.9 Å². The van der Waals surface area contributed by atoms with Gasteiger partial charge in [-0.1, -0.05) is 19.1 Å². The molecule has 4 nitrogen and oxygen atoms in total. The van der Waals surface area contributed by atoms with Crippen molar-refractivity contribution in [1.29, 1.82) is 0 Å². The molecule has 0 aliphatic heterocycles. The second kappa shape index (κ2) is 5.25. The second-order valence-electron chi connectivity index (χ2n) is 4.62. The molecular weight excluding hydrogens is 252 g/mol. The Kier molecular flexibility index (Phi) is 3.29. The third kappa shape index (κ3) is 2.59. The number of aromatic nitrogens is 1. The van der Waals surface area contributed by atoms with Gasteiger partial charge in [-0.3, -0.25) is 0 Å². The number of aryl methyl sites for hydroxylation is 1. The van der Waals surface area contributed by atoms with E-state index in [0.717, 1.165) is 40.4 Å². The Morgan fingerprint density at radius 1 is 1.15 bits per heavy atom. The molecule has 0 saturated carbocycles. The van der Waals surface area contributed by atoms with E-state index in [-0.39, 0.29) is 0 Å². The maximum atomic E-state index is 5.75. The summed E-state index contributed by atoms with van der Waals surface area (Å²) in [6.07, 6.45) is 0.788. The fourth-order valence-electron chi connectivity index (χ4n) is 1.97. The van der Waals surface area contributed by atoms with Crippen molar-refractivity contribution in [2.24, 2.45) is 0 Å². The van der Waals surface area contributed by atoms with Gasteiger partial charge in [0.2, 0.25) is 0 Å². The molecule has 3 rings (SSSR count). The first-order valence-electron chi connectivity index (χ1n) is 6.61. The fraction of sp³-hybridized carbons (Fsp3) is 0.188. The smallest absolute Gasteiger partial charge is 0.195 e. The highest BCUT2D eigenvalue weighted by atomic mass is 16.5. The lowest BCUT2D eigenvalue weighted by atomic mass is 10.2. The monoisotopic (exact) mass is 268 g/mol. The van der Waals surface area contributed by atoms with Crippen LogP contribution in [0.25, 0.3) is 11.1 Å². The van der Waals surface area contributed by atoms with Gasteiger partial charge in [0.05, 0.1) is 0 Å². The van der Waals surface area contributed by atoms with Crippen molar-refractivity contribution in [3.05, 3.63) is 53.9 Å². The van der Waals surface area contributed by atoms with E-state index in [2.05, 4.69) is 4.98 Å². The molecule has 0 aliphatic carbocycles. The third-order valence-corrected chi connectivity index (χ3v) is 3.09. The lowest BCUT2D eigenvalue weighted by Gasteiger charge is -2.06. The summed E-state index contributed by atoms with van der Waals surface area (Å²) in [7, 11) is 0. The maximum Gasteiger partial charge on any atom is 0.195 e. The standard InChI is InChI=1S/C16H16N2O2/c1-2-16-18-14-8-7-13(9-15(14)20-16)19-10-11-3-5-12(17)6-4-11/h3-9H,2,10,17H2,1H3. The van der Waals surface area contributed by atoms with Crippen molar-refractivity contribution < 1.29 is 9.15 Å². The van der Waals surface area contributed by atoms with E-state index >= 15 is 0 Å². The number of oxazole rings is 1. The molecule has 3 aromatic rings. The van der Waals surface area contributed by atoms with Gasteiger partial charge >= 0.3 is 0 Å². The third-order valence-electron chi connectivity index (χ3n) is 3.09. The Labute approximate surface area is 117 Å². The molecule has 0 atom stereocenters. The van der Waals surface area contributed by atoms with Crippen molar-refractivity contribution in [2.75, 3.05) is 5.73 Å². The van der Waals surface area contributed by atoms with E-state index in [1.165, 1.54) is 0 Å². The fourth-order valence-corrected chi connectivity index (χ4v) is 1.97. The summed E-state index contributed by atoms with van der Waals surface area (Å²) in [4.78, 5) is 4.36. The SMILES string of the molecule is CCc1nc2ccc(OCc3ccc(N)cc3)cc2o1. The van der Waals surface area contributed by atoms with Gasteiger partial charge in [-0.25, -0.2) is 4.98 Å². The quantitative estimate of drug-likeness (QED) is 0.735. The Morgan fingerprint density at radius 3 is 2.70 bits per heavy atom. The number of nitrogens with two attached hydrogens (primary N) is 1. The maximum absolute atomic E-state index is 5.75. The van der Waals surface area contributed by atoms with E-state index in [9.17, 15) is 0 Å². The van der Waals surface area contributed by atoms with E-state index in [0.29, 0.717) is 6.61 Å². The number of anilines is 1. The van der Waals surface area contributed by atoms with Gasteiger partial charge in [-0.15, -0.1) is 0 Å². The first-order valence-corrected chi connectivity index (χ1v) is 6.61. The van der Waals surface area contributed by atoms with Crippen LogP contribution in [0.3, 0.4) is 0 Å². The van der Waals surface area contributed by atoms with Gasteiger partial charge in [0, 0.05) is 18.2 Å². The van der Waals surface area contributed by atoms with Gasteiger partial charge in [-0.05, 0) is 29.8 Å². The van der Waals surface area contributed by atoms with Crippen LogP contribution in [0.4, 0.5) is 5.69 Å². The zero-order chi connectivity index (χ0) is 13.9. The van der Waals surface area contributed by atoms with Crippen molar-refractivity contribution in [2.45, 2.75) is 20.0 Å². The van der Waals surface area contributed by atoms with Crippen LogP contribution in [0.1, 0.15) is 18.4 Å². The molecule has 0 radical (unpaired) electrons. The predicted octanol–water partition coefficient (Wildman–Crippen LogP) is 3.55. The van der Waals surface area contributed by atoms with Crippen LogP contribution >= 0.6 is 0 Å². The van der Waals surface area contributed by atoms with E-state index in [1.54, 1.807) is 0 Å². The zero-order valence-electron chi connectivity index (χ0n) is 11.3. The molecule has 1 aromatic heterocycles. The molecule has 0 amide bonds. The minimum absolute atomic E-state index is 0.501. The average Bonchev–Trinajstić information content (AvgIpc) is 2.89. The average molecular weight is 268 g/mol. The van der Waals surface area contributed by atoms with Gasteiger partial charge in [0.25, 0.3) is 0 Å². The number of ether oxygens (including phenoxy) is 1. The Hall–Kier alpha value is -2.49. The highest BCUT2D eigenvalue weighted by Gasteiger charge is 2.05. The van der Waals surface area contributed by atoms with Crippen LogP contribution in [0.15, 0.2) is 46.9 Å². The Balaban J connectivity index is 1.75. The summed E-state index contributed by atoms with van der Waals surface area (Å²) in [6.45, 7) is 2.52. The summed E-state index contributed by atoms with van der Waals surface area (Å²) in [6, 6.07) is 13.3. The molecule has 4 heteroatoms. The van der Waals surface area contributed by atoms with Crippen LogP contribution in [0.5, 0.6) is 5.75 Å². The van der Waals surface area contributed by atoms with E-state index < -0.39 is 0 Å². The first-order chi connectivity index (χ1) is 9.74. The van der Waals surface area contributed by atoms with Crippen LogP contribution in [0, 0.1) is 0 Å². The predicted molar refractivity (Wildman–Crippen MR) is 78.6 cm³/mol. The number of nitrogens with zero attached hydrogens (tertiary/aromatic N) is 1. The van der Waals surface area contributed by atoms with Gasteiger partial charge in [0.1, 0.15) is 17.9 Å². The Bertz CT molecular complexity index is 717. The van der Waals surface area contributed by atoms with E-state index in [4.69, 9.17) is 14.9 Å². The molecule has 0 fully saturated rings.